The van der Waals surface area contributed by atoms with Gasteiger partial charge in [-0.25, -0.2) is 0 Å². The fourth-order valence-electron chi connectivity index (χ4n) is 3.10. The lowest BCUT2D eigenvalue weighted by atomic mass is 10.1. The fourth-order valence-corrected chi connectivity index (χ4v) is 4.24. The average molecular weight is 445 g/mol. The van der Waals surface area contributed by atoms with Crippen molar-refractivity contribution in [1.82, 2.24) is 0 Å². The lowest BCUT2D eigenvalue weighted by Crippen LogP contribution is -1.88. The molecule has 0 aromatic heterocycles. The van der Waals surface area contributed by atoms with Crippen molar-refractivity contribution < 1.29 is 5.11 Å². The molecule has 0 spiro atoms. The SMILES string of the molecule is ClC1CCc2cc(Br)ccc21.OC1CCc2cc(Br)ccc21. The minimum atomic E-state index is -0.224. The first-order valence-corrected chi connectivity index (χ1v) is 9.45. The summed E-state index contributed by atoms with van der Waals surface area (Å²) in [6.07, 6.45) is 3.89. The number of rotatable bonds is 0. The van der Waals surface area contributed by atoms with E-state index in [1.54, 1.807) is 0 Å². The van der Waals surface area contributed by atoms with Crippen LogP contribution >= 0.6 is 43.5 Å². The lowest BCUT2D eigenvalue weighted by molar-refractivity contribution is 0.180. The monoisotopic (exact) mass is 442 g/mol. The molecular weight excluding hydrogens is 427 g/mol. The van der Waals surface area contributed by atoms with Gasteiger partial charge in [-0.3, -0.25) is 0 Å². The number of aliphatic hydroxyl groups is 1. The normalized spacial score (nSPS) is 21.8. The Labute approximate surface area is 153 Å². The largest absolute Gasteiger partial charge is 0.388 e. The van der Waals surface area contributed by atoms with Crippen molar-refractivity contribution in [2.75, 3.05) is 0 Å². The third-order valence-corrected chi connectivity index (χ3v) is 5.70. The van der Waals surface area contributed by atoms with Gasteiger partial charge in [0.25, 0.3) is 0 Å². The lowest BCUT2D eigenvalue weighted by Gasteiger charge is -2.02. The van der Waals surface area contributed by atoms with E-state index in [0.717, 1.165) is 40.2 Å². The summed E-state index contributed by atoms with van der Waals surface area (Å²) in [5.41, 5.74) is 5.11. The molecule has 116 valence electrons. The van der Waals surface area contributed by atoms with Crippen LogP contribution in [0.15, 0.2) is 45.3 Å². The average Bonchev–Trinajstić information content (AvgIpc) is 3.03. The third-order valence-electron chi connectivity index (χ3n) is 4.26. The Morgan fingerprint density at radius 2 is 1.41 bits per heavy atom. The second-order valence-corrected chi connectivity index (χ2v) is 8.11. The van der Waals surface area contributed by atoms with E-state index in [9.17, 15) is 5.11 Å². The van der Waals surface area contributed by atoms with Crippen LogP contribution in [0, 0.1) is 0 Å². The van der Waals surface area contributed by atoms with Crippen LogP contribution in [0.3, 0.4) is 0 Å². The summed E-state index contributed by atoms with van der Waals surface area (Å²) in [6.45, 7) is 0. The van der Waals surface area contributed by atoms with Crippen molar-refractivity contribution in [2.24, 2.45) is 0 Å². The molecule has 2 atom stereocenters. The Balaban J connectivity index is 0.000000131. The Kier molecular flexibility index (Phi) is 5.28. The molecule has 4 rings (SSSR count). The first-order chi connectivity index (χ1) is 10.5. The van der Waals surface area contributed by atoms with Gasteiger partial charge < -0.3 is 5.11 Å². The second-order valence-electron chi connectivity index (χ2n) is 5.75. The topological polar surface area (TPSA) is 20.2 Å². The Hall–Kier alpha value is -0.350. The maximum Gasteiger partial charge on any atom is 0.0795 e. The third kappa shape index (κ3) is 3.59. The van der Waals surface area contributed by atoms with Gasteiger partial charge in [0.05, 0.1) is 11.5 Å². The van der Waals surface area contributed by atoms with E-state index in [0.29, 0.717) is 0 Å². The molecular formula is C18H17Br2ClO. The summed E-state index contributed by atoms with van der Waals surface area (Å²) in [6, 6.07) is 12.4. The van der Waals surface area contributed by atoms with Crippen molar-refractivity contribution in [1.29, 1.82) is 0 Å². The van der Waals surface area contributed by atoms with Crippen LogP contribution in [0.5, 0.6) is 0 Å². The quantitative estimate of drug-likeness (QED) is 0.487. The molecule has 2 aliphatic carbocycles. The Bertz CT molecular complexity index is 627. The van der Waals surface area contributed by atoms with Crippen LogP contribution in [-0.4, -0.2) is 5.11 Å². The van der Waals surface area contributed by atoms with E-state index < -0.39 is 0 Å². The van der Waals surface area contributed by atoms with Crippen LogP contribution in [0.1, 0.15) is 46.6 Å². The van der Waals surface area contributed by atoms with Crippen LogP contribution in [0.2, 0.25) is 0 Å². The number of hydrogen-bond donors (Lipinski definition) is 1. The molecule has 1 nitrogen and oxygen atoms in total. The first kappa shape index (κ1) is 16.5. The number of aryl methyl sites for hydroxylation is 2. The van der Waals surface area contributed by atoms with Crippen molar-refractivity contribution >= 4 is 43.5 Å². The molecule has 0 saturated carbocycles. The van der Waals surface area contributed by atoms with Gasteiger partial charge in [-0.15, -0.1) is 11.6 Å². The van der Waals surface area contributed by atoms with Gasteiger partial charge in [0.1, 0.15) is 0 Å². The molecule has 0 radical (unpaired) electrons. The maximum absolute atomic E-state index is 9.46. The van der Waals surface area contributed by atoms with Crippen molar-refractivity contribution in [2.45, 2.75) is 37.2 Å². The molecule has 1 N–H and O–H groups in total. The summed E-state index contributed by atoms with van der Waals surface area (Å²) < 4.78 is 2.26. The van der Waals surface area contributed by atoms with Crippen molar-refractivity contribution in [3.8, 4) is 0 Å². The molecule has 4 heteroatoms. The van der Waals surface area contributed by atoms with Crippen LogP contribution < -0.4 is 0 Å². The van der Waals surface area contributed by atoms with Crippen molar-refractivity contribution in [3.05, 3.63) is 67.6 Å². The highest BCUT2D eigenvalue weighted by Gasteiger charge is 2.20. The maximum atomic E-state index is 9.46. The second kappa shape index (κ2) is 7.04. The molecule has 0 aliphatic heterocycles. The van der Waals surface area contributed by atoms with Gasteiger partial charge in [-0.2, -0.15) is 0 Å². The summed E-state index contributed by atoms with van der Waals surface area (Å²) in [4.78, 5) is 0. The molecule has 22 heavy (non-hydrogen) atoms. The highest BCUT2D eigenvalue weighted by Crippen LogP contribution is 2.37. The zero-order chi connectivity index (χ0) is 15.7. The smallest absolute Gasteiger partial charge is 0.0795 e. The number of aliphatic hydroxyl groups excluding tert-OH is 1. The zero-order valence-corrected chi connectivity index (χ0v) is 16.0. The number of fused-ring (bicyclic) bond motifs is 2. The Morgan fingerprint density at radius 1 is 0.864 bits per heavy atom. The molecule has 2 aliphatic rings. The molecule has 0 amide bonds. The van der Waals surface area contributed by atoms with Gasteiger partial charge in [0.2, 0.25) is 0 Å². The number of hydrogen-bond acceptors (Lipinski definition) is 1. The van der Waals surface area contributed by atoms with E-state index >= 15 is 0 Å². The molecule has 2 aromatic rings. The summed E-state index contributed by atoms with van der Waals surface area (Å²) in [5.74, 6) is 0. The Morgan fingerprint density at radius 3 is 2.09 bits per heavy atom. The van der Waals surface area contributed by atoms with E-state index in [-0.39, 0.29) is 11.5 Å². The minimum absolute atomic E-state index is 0.224. The van der Waals surface area contributed by atoms with Crippen LogP contribution in [0.25, 0.3) is 0 Å². The molecule has 0 saturated heterocycles. The van der Waals surface area contributed by atoms with Crippen molar-refractivity contribution in [3.63, 3.8) is 0 Å². The van der Waals surface area contributed by atoms with E-state index in [4.69, 9.17) is 11.6 Å². The highest BCUT2D eigenvalue weighted by molar-refractivity contribution is 9.10. The first-order valence-electron chi connectivity index (χ1n) is 7.43. The van der Waals surface area contributed by atoms with E-state index in [2.05, 4.69) is 56.1 Å². The highest BCUT2D eigenvalue weighted by atomic mass is 79.9. The number of benzene rings is 2. The van der Waals surface area contributed by atoms with Gasteiger partial charge in [0, 0.05) is 8.95 Å². The van der Waals surface area contributed by atoms with E-state index in [1.807, 2.05) is 12.1 Å². The van der Waals surface area contributed by atoms with E-state index in [1.165, 1.54) is 16.7 Å². The van der Waals surface area contributed by atoms with Gasteiger partial charge in [0.15, 0.2) is 0 Å². The molecule has 0 heterocycles. The van der Waals surface area contributed by atoms with Crippen LogP contribution in [0.4, 0.5) is 0 Å². The molecule has 2 unspecified atom stereocenters. The molecule has 0 bridgehead atoms. The summed E-state index contributed by atoms with van der Waals surface area (Å²) in [7, 11) is 0. The number of alkyl halides is 1. The predicted octanol–water partition coefficient (Wildman–Crippen LogP) is 6.10. The molecule has 0 fully saturated rings. The summed E-state index contributed by atoms with van der Waals surface area (Å²) >= 11 is 12.9. The molecule has 2 aromatic carbocycles. The standard InChI is InChI=1S/C9H8BrCl.C9H9BrO/c2*10-7-2-3-8-6(5-7)1-4-9(8)11/h2-3,5,9H,1,4H2;2-3,5,9,11H,1,4H2. The minimum Gasteiger partial charge on any atom is -0.388 e. The van der Waals surface area contributed by atoms with Gasteiger partial charge in [-0.1, -0.05) is 44.0 Å². The number of halogens is 3. The zero-order valence-electron chi connectivity index (χ0n) is 12.0. The van der Waals surface area contributed by atoms with Crippen LogP contribution in [-0.2, 0) is 12.8 Å². The van der Waals surface area contributed by atoms with Gasteiger partial charge in [-0.05, 0) is 72.2 Å². The summed E-state index contributed by atoms with van der Waals surface area (Å²) in [5, 5.41) is 9.71. The predicted molar refractivity (Wildman–Crippen MR) is 98.5 cm³/mol. The van der Waals surface area contributed by atoms with Gasteiger partial charge >= 0.3 is 0 Å². The fraction of sp³-hybridized carbons (Fsp3) is 0.333.